The van der Waals surface area contributed by atoms with Crippen molar-refractivity contribution in [2.45, 2.75) is 47.4 Å². The number of rotatable bonds is 5. The van der Waals surface area contributed by atoms with Gasteiger partial charge in [-0.25, -0.2) is 9.48 Å². The Morgan fingerprint density at radius 3 is 2.56 bits per heavy atom. The third kappa shape index (κ3) is 5.80. The van der Waals surface area contributed by atoms with Gasteiger partial charge in [0.05, 0.1) is 6.61 Å². The molecule has 0 N–H and O–H groups in total. The summed E-state index contributed by atoms with van der Waals surface area (Å²) in [5, 5.41) is 7.86. The van der Waals surface area contributed by atoms with Crippen LogP contribution in [0.5, 0.6) is 0 Å². The van der Waals surface area contributed by atoms with E-state index in [1.807, 2.05) is 13.8 Å². The van der Waals surface area contributed by atoms with Crippen molar-refractivity contribution in [3.63, 3.8) is 0 Å². The third-order valence-corrected chi connectivity index (χ3v) is 3.57. The second-order valence-electron chi connectivity index (χ2n) is 5.54. The van der Waals surface area contributed by atoms with E-state index in [1.165, 1.54) is 9.36 Å². The second kappa shape index (κ2) is 10.5. The second-order valence-corrected chi connectivity index (χ2v) is 5.54. The number of hydrogen-bond donors (Lipinski definition) is 0. The fourth-order valence-corrected chi connectivity index (χ4v) is 2.30. The van der Waals surface area contributed by atoms with Gasteiger partial charge in [-0.2, -0.15) is 39.0 Å². The van der Waals surface area contributed by atoms with Gasteiger partial charge in [0, 0.05) is 39.3 Å². The molecule has 27 heavy (non-hydrogen) atoms. The molecule has 9 nitrogen and oxygen atoms in total. The van der Waals surface area contributed by atoms with E-state index in [-0.39, 0.29) is 44.9 Å². The van der Waals surface area contributed by atoms with Crippen molar-refractivity contribution in [2.24, 2.45) is 4.99 Å². The first-order chi connectivity index (χ1) is 12.4. The van der Waals surface area contributed by atoms with Gasteiger partial charge in [-0.05, 0) is 31.2 Å². The first-order valence-corrected chi connectivity index (χ1v) is 8.31. The Balaban J connectivity index is 0.00000364. The summed E-state index contributed by atoms with van der Waals surface area (Å²) in [5.41, 5.74) is 2.25. The Morgan fingerprint density at radius 2 is 1.96 bits per heavy atom. The Labute approximate surface area is 182 Å². The van der Waals surface area contributed by atoms with Gasteiger partial charge in [0.15, 0.2) is 0 Å². The first kappa shape index (κ1) is 23.2. The van der Waals surface area contributed by atoms with E-state index in [0.717, 1.165) is 5.56 Å². The predicted molar refractivity (Wildman–Crippen MR) is 91.1 cm³/mol. The van der Waals surface area contributed by atoms with Crippen LogP contribution in [-0.2, 0) is 48.7 Å². The van der Waals surface area contributed by atoms with Crippen LogP contribution < -0.4 is 5.62 Å². The maximum absolute atomic E-state index is 12.6. The van der Waals surface area contributed by atoms with Gasteiger partial charge in [0.1, 0.15) is 0 Å². The topological polar surface area (TPSA) is 101 Å². The summed E-state index contributed by atoms with van der Waals surface area (Å²) in [4.78, 5) is 28.3. The number of ether oxygens (including phenoxy) is 2. The smallest absolute Gasteiger partial charge is 0.435 e. The van der Waals surface area contributed by atoms with Crippen LogP contribution in [0.1, 0.15) is 48.5 Å². The van der Waals surface area contributed by atoms with Gasteiger partial charge in [-0.1, -0.05) is 19.4 Å². The molecule has 0 spiro atoms. The van der Waals surface area contributed by atoms with Gasteiger partial charge >= 0.3 is 6.16 Å². The monoisotopic (exact) mass is 449 g/mol. The Hall–Kier alpha value is -1.87. The number of carbonyl (C=O) groups excluding carboxylic acids is 2. The number of hydrogen-bond acceptors (Lipinski definition) is 6. The van der Waals surface area contributed by atoms with E-state index in [0.29, 0.717) is 17.7 Å². The molecule has 2 aromatic rings. The summed E-state index contributed by atoms with van der Waals surface area (Å²) in [5.74, 6) is -0.451. The van der Waals surface area contributed by atoms with Gasteiger partial charge in [-0.15, -0.1) is 0 Å². The molecule has 1 radical (unpaired) electrons. The van der Waals surface area contributed by atoms with Crippen molar-refractivity contribution >= 4 is 12.1 Å². The standard InChI is InChI=1S/C17H22N5O4.Y/c1-6-21-16(18-15(23)14-9-8-11(3)10-12(14)4)22(20-19-21)13(5)26-17(24)25-7-2;/h8-9,13H,6-7H2,1-5H3;/q-1;. The molecule has 1 unspecified atom stereocenters. The first-order valence-electron chi connectivity index (χ1n) is 8.31. The summed E-state index contributed by atoms with van der Waals surface area (Å²) in [6.45, 7) is 9.42. The average Bonchev–Trinajstić information content (AvgIpc) is 2.97. The number of aromatic nitrogens is 4. The van der Waals surface area contributed by atoms with Crippen molar-refractivity contribution in [3.8, 4) is 0 Å². The van der Waals surface area contributed by atoms with Crippen LogP contribution in [0.4, 0.5) is 4.79 Å². The van der Waals surface area contributed by atoms with Crippen LogP contribution in [0, 0.1) is 19.9 Å². The summed E-state index contributed by atoms with van der Waals surface area (Å²) in [6.07, 6.45) is -1.67. The molecule has 143 valence electrons. The minimum absolute atomic E-state index is 0. The maximum Gasteiger partial charge on any atom is 0.510 e. The number of benzene rings is 1. The fraction of sp³-hybridized carbons (Fsp3) is 0.471. The molecule has 10 heteroatoms. The quantitative estimate of drug-likeness (QED) is 0.511. The van der Waals surface area contributed by atoms with E-state index >= 15 is 0 Å². The van der Waals surface area contributed by atoms with Crippen molar-refractivity contribution in [2.75, 3.05) is 6.61 Å². The molecule has 1 heterocycles. The van der Waals surface area contributed by atoms with Crippen molar-refractivity contribution < 1.29 is 51.8 Å². The third-order valence-electron chi connectivity index (χ3n) is 3.57. The molecule has 1 amide bonds. The Bertz CT molecular complexity index is 874. The normalized spacial score (nSPS) is 12.3. The minimum atomic E-state index is -0.841. The summed E-state index contributed by atoms with van der Waals surface area (Å²) in [6, 6.07) is 6.60. The molecule has 0 bridgehead atoms. The fourth-order valence-electron chi connectivity index (χ4n) is 2.30. The van der Waals surface area contributed by atoms with Crippen LogP contribution >= 0.6 is 0 Å². The predicted octanol–water partition coefficient (Wildman–Crippen LogP) is 1.95. The number of aryl methyl sites for hydroxylation is 3. The molecular formula is C17H22N5O4Y-. The van der Waals surface area contributed by atoms with E-state index < -0.39 is 18.3 Å². The number of amides is 1. The molecule has 0 saturated heterocycles. The molecule has 1 aromatic heterocycles. The van der Waals surface area contributed by atoms with Crippen molar-refractivity contribution in [3.05, 3.63) is 40.5 Å². The molecule has 0 fully saturated rings. The largest absolute Gasteiger partial charge is 0.510 e. The van der Waals surface area contributed by atoms with Crippen molar-refractivity contribution in [1.82, 2.24) is 19.8 Å². The van der Waals surface area contributed by atoms with Gasteiger partial charge in [0.25, 0.3) is 5.62 Å². The molecule has 0 aliphatic rings. The van der Waals surface area contributed by atoms with E-state index in [9.17, 15) is 9.59 Å². The summed E-state index contributed by atoms with van der Waals surface area (Å²) >= 11 is 0. The number of tetrazole rings is 1. The van der Waals surface area contributed by atoms with Gasteiger partial charge < -0.3 is 9.47 Å². The van der Waals surface area contributed by atoms with Crippen LogP contribution in [0.15, 0.2) is 17.1 Å². The van der Waals surface area contributed by atoms with Crippen LogP contribution in [0.2, 0.25) is 0 Å². The number of nitrogens with zero attached hydrogens (tertiary/aromatic N) is 5. The minimum Gasteiger partial charge on any atom is -0.435 e. The van der Waals surface area contributed by atoms with Crippen LogP contribution in [-0.4, -0.2) is 38.5 Å². The van der Waals surface area contributed by atoms with E-state index in [1.54, 1.807) is 32.9 Å². The SMILES string of the molecule is CCOC(=O)OC(C)n1nnn(CC)c1=NC(=O)c1ccc(C)[c-]c1C.[Y]. The molecule has 0 aliphatic heterocycles. The Morgan fingerprint density at radius 1 is 1.26 bits per heavy atom. The molecule has 2 rings (SSSR count). The summed E-state index contributed by atoms with van der Waals surface area (Å²) < 4.78 is 12.6. The zero-order chi connectivity index (χ0) is 19.3. The molecule has 1 aromatic carbocycles. The van der Waals surface area contributed by atoms with Crippen LogP contribution in [0.25, 0.3) is 0 Å². The van der Waals surface area contributed by atoms with Crippen molar-refractivity contribution in [1.29, 1.82) is 0 Å². The zero-order valence-corrected chi connectivity index (χ0v) is 18.9. The van der Waals surface area contributed by atoms with E-state index in [4.69, 9.17) is 9.47 Å². The molecule has 1 atom stereocenters. The van der Waals surface area contributed by atoms with Gasteiger partial charge in [0.2, 0.25) is 12.1 Å². The van der Waals surface area contributed by atoms with Gasteiger partial charge in [-0.3, -0.25) is 4.79 Å². The molecule has 0 saturated carbocycles. The average molecular weight is 449 g/mol. The maximum atomic E-state index is 12.6. The van der Waals surface area contributed by atoms with Crippen LogP contribution in [0.3, 0.4) is 0 Å². The number of carbonyl (C=O) groups is 2. The zero-order valence-electron chi connectivity index (χ0n) is 16.1. The van der Waals surface area contributed by atoms with E-state index in [2.05, 4.69) is 21.5 Å². The molecule has 0 aliphatic carbocycles. The molecular weight excluding hydrogens is 427 g/mol. The Kier molecular flexibility index (Phi) is 8.98. The summed E-state index contributed by atoms with van der Waals surface area (Å²) in [7, 11) is 0.